The van der Waals surface area contributed by atoms with Gasteiger partial charge in [0, 0.05) is 29.2 Å². The number of aliphatic imine (C=N–C) groups is 1. The maximum atomic E-state index is 13.3. The molecule has 2 aromatic carbocycles. The zero-order valence-corrected chi connectivity index (χ0v) is 26.3. The van der Waals surface area contributed by atoms with Crippen molar-refractivity contribution < 1.29 is 14.6 Å². The fourth-order valence-electron chi connectivity index (χ4n) is 5.02. The second kappa shape index (κ2) is 12.6. The molecular weight excluding hydrogens is 578 g/mol. The van der Waals surface area contributed by atoms with E-state index in [2.05, 4.69) is 39.7 Å². The number of aromatic hydroxyl groups is 1. The van der Waals surface area contributed by atoms with Gasteiger partial charge in [0.05, 0.1) is 22.9 Å². The van der Waals surface area contributed by atoms with Crippen molar-refractivity contribution in [2.24, 2.45) is 16.1 Å². The van der Waals surface area contributed by atoms with Gasteiger partial charge >= 0.3 is 6.03 Å². The number of urea groups is 1. The van der Waals surface area contributed by atoms with Crippen LogP contribution in [0.15, 0.2) is 77.6 Å². The Bertz CT molecular complexity index is 1740. The summed E-state index contributed by atoms with van der Waals surface area (Å²) in [4.78, 5) is 17.9. The van der Waals surface area contributed by atoms with Gasteiger partial charge < -0.3 is 20.9 Å². The molecule has 2 heterocycles. The lowest BCUT2D eigenvalue weighted by Gasteiger charge is -2.32. The Hall–Kier alpha value is -4.57. The summed E-state index contributed by atoms with van der Waals surface area (Å²) in [5.41, 5.74) is 9.68. The third-order valence-corrected chi connectivity index (χ3v) is 7.84. The van der Waals surface area contributed by atoms with E-state index in [4.69, 9.17) is 22.1 Å². The third-order valence-electron chi connectivity index (χ3n) is 7.52. The average molecular weight is 616 g/mol. The van der Waals surface area contributed by atoms with Crippen LogP contribution in [0.25, 0.3) is 5.65 Å². The standard InChI is InChI=1S/C33H38ClN7O3/c1-19(2)31-40-39-30-15-11-21(18-41(30)31)44-27-14-13-25(22-8-6-7-9-23(22)27)37-32(43)38-29(17-28(35)33(3,4)5)36-20-10-12-24(34)26(42)16-20/h6-12,15-19,25,27,42H,13-14,35H2,1-5H3,(H2,36,37,38,43)/t25-,27-/m0/s1. The molecule has 5 rings (SSSR count). The highest BCUT2D eigenvalue weighted by Gasteiger charge is 2.30. The lowest BCUT2D eigenvalue weighted by molar-refractivity contribution is 0.171. The lowest BCUT2D eigenvalue weighted by Crippen LogP contribution is -2.42. The maximum absolute atomic E-state index is 13.3. The predicted molar refractivity (Wildman–Crippen MR) is 172 cm³/mol. The Balaban J connectivity index is 1.35. The number of pyridine rings is 1. The van der Waals surface area contributed by atoms with Crippen LogP contribution in [0, 0.1) is 5.41 Å². The summed E-state index contributed by atoms with van der Waals surface area (Å²) in [5.74, 6) is 1.94. The molecule has 1 aliphatic rings. The van der Waals surface area contributed by atoms with Gasteiger partial charge in [-0.25, -0.2) is 9.79 Å². The van der Waals surface area contributed by atoms with Crippen LogP contribution >= 0.6 is 11.6 Å². The van der Waals surface area contributed by atoms with Crippen LogP contribution in [0.2, 0.25) is 5.02 Å². The number of halogens is 1. The van der Waals surface area contributed by atoms with Crippen molar-refractivity contribution in [1.29, 1.82) is 0 Å². The minimum atomic E-state index is -0.432. The van der Waals surface area contributed by atoms with Crippen LogP contribution in [-0.2, 0) is 0 Å². The Kier molecular flexibility index (Phi) is 8.82. The molecule has 4 aromatic rings. The van der Waals surface area contributed by atoms with Gasteiger partial charge in [0.15, 0.2) is 5.65 Å². The topological polar surface area (TPSA) is 139 Å². The Labute approximate surface area is 262 Å². The largest absolute Gasteiger partial charge is 0.506 e. The summed E-state index contributed by atoms with van der Waals surface area (Å²) in [7, 11) is 0. The molecule has 0 saturated heterocycles. The Morgan fingerprint density at radius 1 is 1.14 bits per heavy atom. The molecule has 11 heteroatoms. The van der Waals surface area contributed by atoms with Crippen LogP contribution in [0.4, 0.5) is 10.5 Å². The zero-order chi connectivity index (χ0) is 31.6. The number of benzene rings is 2. The molecule has 230 valence electrons. The van der Waals surface area contributed by atoms with Gasteiger partial charge in [-0.2, -0.15) is 0 Å². The number of nitrogens with zero attached hydrogens (tertiary/aromatic N) is 4. The van der Waals surface area contributed by atoms with Gasteiger partial charge in [0.25, 0.3) is 0 Å². The minimum absolute atomic E-state index is 0.109. The summed E-state index contributed by atoms with van der Waals surface area (Å²) in [5, 5.41) is 24.8. The number of phenols is 1. The molecule has 2 amide bonds. The summed E-state index contributed by atoms with van der Waals surface area (Å²) >= 11 is 5.96. The van der Waals surface area contributed by atoms with E-state index in [1.807, 2.05) is 67.8 Å². The highest BCUT2D eigenvalue weighted by molar-refractivity contribution is 6.32. The quantitative estimate of drug-likeness (QED) is 0.135. The van der Waals surface area contributed by atoms with Crippen molar-refractivity contribution in [3.05, 3.63) is 94.5 Å². The van der Waals surface area contributed by atoms with Gasteiger partial charge in [-0.1, -0.05) is 70.5 Å². The predicted octanol–water partition coefficient (Wildman–Crippen LogP) is 7.08. The summed E-state index contributed by atoms with van der Waals surface area (Å²) in [6.45, 7) is 10.1. The summed E-state index contributed by atoms with van der Waals surface area (Å²) < 4.78 is 8.46. The number of nitrogens with one attached hydrogen (secondary N) is 2. The number of rotatable bonds is 6. The maximum Gasteiger partial charge on any atom is 0.320 e. The number of allylic oxidation sites excluding steroid dienone is 1. The molecule has 0 saturated carbocycles. The summed E-state index contributed by atoms with van der Waals surface area (Å²) in [6, 6.07) is 15.7. The molecule has 0 fully saturated rings. The molecule has 0 radical (unpaired) electrons. The van der Waals surface area contributed by atoms with Crippen LogP contribution in [0.1, 0.15) is 82.5 Å². The zero-order valence-electron chi connectivity index (χ0n) is 25.5. The van der Waals surface area contributed by atoms with E-state index in [9.17, 15) is 9.90 Å². The first-order chi connectivity index (χ1) is 20.9. The Morgan fingerprint density at radius 3 is 2.59 bits per heavy atom. The van der Waals surface area contributed by atoms with Gasteiger partial charge in [0.1, 0.15) is 29.3 Å². The second-order valence-corrected chi connectivity index (χ2v) is 12.7. The number of hydrogen-bond acceptors (Lipinski definition) is 7. The molecule has 10 nitrogen and oxygen atoms in total. The molecular formula is C33H38ClN7O3. The Morgan fingerprint density at radius 2 is 1.89 bits per heavy atom. The fraction of sp³-hybridized carbons (Fsp3) is 0.333. The fourth-order valence-corrected chi connectivity index (χ4v) is 5.14. The smallest absolute Gasteiger partial charge is 0.320 e. The number of ether oxygens (including phenoxy) is 1. The highest BCUT2D eigenvalue weighted by atomic mass is 35.5. The number of fused-ring (bicyclic) bond motifs is 2. The number of nitrogens with two attached hydrogens (primary N) is 1. The molecule has 5 N–H and O–H groups in total. The number of hydrogen-bond donors (Lipinski definition) is 4. The number of amidine groups is 1. The number of aromatic nitrogens is 3. The van der Waals surface area contributed by atoms with Crippen LogP contribution in [0.3, 0.4) is 0 Å². The molecule has 2 aromatic heterocycles. The van der Waals surface area contributed by atoms with E-state index in [1.54, 1.807) is 12.1 Å². The van der Waals surface area contributed by atoms with E-state index in [0.29, 0.717) is 24.2 Å². The van der Waals surface area contributed by atoms with Crippen LogP contribution in [0.5, 0.6) is 11.5 Å². The minimum Gasteiger partial charge on any atom is -0.506 e. The third kappa shape index (κ3) is 6.97. The van der Waals surface area contributed by atoms with E-state index in [0.717, 1.165) is 28.3 Å². The second-order valence-electron chi connectivity index (χ2n) is 12.3. The number of amides is 2. The number of carbonyl (C=O) groups excluding carboxylic acids is 1. The van der Waals surface area contributed by atoms with Crippen molar-refractivity contribution in [2.75, 3.05) is 0 Å². The van der Waals surface area contributed by atoms with Crippen LogP contribution < -0.4 is 21.1 Å². The molecule has 0 bridgehead atoms. The van der Waals surface area contributed by atoms with Gasteiger partial charge in [-0.05, 0) is 48.2 Å². The summed E-state index contributed by atoms with van der Waals surface area (Å²) in [6.07, 6.45) is 4.73. The van der Waals surface area contributed by atoms with Crippen molar-refractivity contribution in [3.63, 3.8) is 0 Å². The molecule has 2 atom stereocenters. The monoisotopic (exact) mass is 615 g/mol. The average Bonchev–Trinajstić information content (AvgIpc) is 3.39. The molecule has 0 aliphatic heterocycles. The first kappa shape index (κ1) is 30.9. The lowest BCUT2D eigenvalue weighted by atomic mass is 9.85. The van der Waals surface area contributed by atoms with Gasteiger partial charge in [-0.15, -0.1) is 10.2 Å². The van der Waals surface area contributed by atoms with Crippen LogP contribution in [-0.4, -0.2) is 31.6 Å². The van der Waals surface area contributed by atoms with E-state index in [-0.39, 0.29) is 40.1 Å². The van der Waals surface area contributed by atoms with Gasteiger partial charge in [0.2, 0.25) is 0 Å². The van der Waals surface area contributed by atoms with E-state index >= 15 is 0 Å². The molecule has 0 spiro atoms. The van der Waals surface area contributed by atoms with Crippen molar-refractivity contribution in [1.82, 2.24) is 25.2 Å². The molecule has 0 unspecified atom stereocenters. The normalized spacial score (nSPS) is 17.4. The van der Waals surface area contributed by atoms with E-state index in [1.165, 1.54) is 12.1 Å². The number of phenolic OH excluding ortho intramolecular Hbond substituents is 1. The first-order valence-corrected chi connectivity index (χ1v) is 15.0. The van der Waals surface area contributed by atoms with Gasteiger partial charge in [-0.3, -0.25) is 9.72 Å². The van der Waals surface area contributed by atoms with Crippen molar-refractivity contribution >= 4 is 34.8 Å². The molecule has 44 heavy (non-hydrogen) atoms. The SMILES string of the molecule is CC(C)c1nnc2ccc(O[C@H]3CC[C@H](NC(=O)NC(C=C(N)C(C)(C)C)=Nc4ccc(Cl)c(O)c4)c4ccccc43)cn12. The molecule has 1 aliphatic carbocycles. The van der Waals surface area contributed by atoms with Crippen molar-refractivity contribution in [3.8, 4) is 11.5 Å². The van der Waals surface area contributed by atoms with Crippen molar-refractivity contribution in [2.45, 2.75) is 65.5 Å². The first-order valence-electron chi connectivity index (χ1n) is 14.6. The number of carbonyl (C=O) groups is 1. The van der Waals surface area contributed by atoms with E-state index < -0.39 is 6.03 Å². The highest BCUT2D eigenvalue weighted by Crippen LogP contribution is 2.39.